The number of halogens is 1. The zero-order valence-electron chi connectivity index (χ0n) is 15.5. The molecule has 1 aliphatic heterocycles. The number of anilines is 2. The van der Waals surface area contributed by atoms with Gasteiger partial charge in [0, 0.05) is 0 Å². The van der Waals surface area contributed by atoms with E-state index in [1.54, 1.807) is 43.3 Å². The maximum atomic E-state index is 12.7. The molecular formula is C20H20ClN3O3S. The van der Waals surface area contributed by atoms with Gasteiger partial charge in [0.1, 0.15) is 12.3 Å². The van der Waals surface area contributed by atoms with E-state index in [4.69, 9.17) is 16.3 Å². The van der Waals surface area contributed by atoms with E-state index in [9.17, 15) is 9.59 Å². The predicted octanol–water partition coefficient (Wildman–Crippen LogP) is 4.20. The number of amides is 2. The summed E-state index contributed by atoms with van der Waals surface area (Å²) in [6, 6.07) is 14.3. The number of ether oxygens (including phenoxy) is 1. The molecule has 6 nitrogen and oxygen atoms in total. The first-order valence-corrected chi connectivity index (χ1v) is 10.1. The third-order valence-corrected chi connectivity index (χ3v) is 5.39. The average molecular weight is 418 g/mol. The van der Waals surface area contributed by atoms with E-state index >= 15 is 0 Å². The first-order valence-electron chi connectivity index (χ1n) is 8.82. The smallest absolute Gasteiger partial charge is 0.254 e. The van der Waals surface area contributed by atoms with Crippen LogP contribution >= 0.6 is 23.4 Å². The molecule has 1 atom stereocenters. The second-order valence-electron chi connectivity index (χ2n) is 5.96. The minimum absolute atomic E-state index is 0.0368. The van der Waals surface area contributed by atoms with Crippen molar-refractivity contribution in [3.05, 3.63) is 53.6 Å². The first-order chi connectivity index (χ1) is 13.5. The zero-order valence-corrected chi connectivity index (χ0v) is 17.1. The normalized spacial score (nSPS) is 14.6. The molecule has 0 fully saturated rings. The molecular weight excluding hydrogens is 398 g/mol. The number of aliphatic imine (C=N–C) groups is 1. The van der Waals surface area contributed by atoms with Crippen molar-refractivity contribution in [3.63, 3.8) is 0 Å². The number of thioether (sulfide) groups is 1. The third-order valence-electron chi connectivity index (χ3n) is 3.98. The highest BCUT2D eigenvalue weighted by Crippen LogP contribution is 2.32. The molecule has 28 heavy (non-hydrogen) atoms. The van der Waals surface area contributed by atoms with Crippen molar-refractivity contribution in [1.29, 1.82) is 0 Å². The minimum Gasteiger partial charge on any atom is -0.492 e. The van der Waals surface area contributed by atoms with E-state index in [1.807, 2.05) is 19.1 Å². The molecule has 0 radical (unpaired) electrons. The molecule has 0 spiro atoms. The van der Waals surface area contributed by atoms with Crippen LogP contribution in [0.5, 0.6) is 5.75 Å². The Morgan fingerprint density at radius 2 is 2.00 bits per heavy atom. The summed E-state index contributed by atoms with van der Waals surface area (Å²) < 4.78 is 5.54. The number of nitrogens with zero attached hydrogens (tertiary/aromatic N) is 2. The molecule has 0 saturated heterocycles. The molecule has 0 bridgehead atoms. The van der Waals surface area contributed by atoms with E-state index in [-0.39, 0.29) is 18.4 Å². The van der Waals surface area contributed by atoms with Crippen LogP contribution in [0.4, 0.5) is 11.4 Å². The van der Waals surface area contributed by atoms with Crippen LogP contribution in [0, 0.1) is 0 Å². The van der Waals surface area contributed by atoms with Gasteiger partial charge in [-0.15, -0.1) is 0 Å². The van der Waals surface area contributed by atoms with Crippen LogP contribution < -0.4 is 15.0 Å². The van der Waals surface area contributed by atoms with Gasteiger partial charge in [-0.2, -0.15) is 0 Å². The van der Waals surface area contributed by atoms with E-state index in [1.165, 1.54) is 16.7 Å². The van der Waals surface area contributed by atoms with Gasteiger partial charge in [0.25, 0.3) is 5.91 Å². The molecule has 146 valence electrons. The van der Waals surface area contributed by atoms with Crippen LogP contribution in [0.15, 0.2) is 53.5 Å². The lowest BCUT2D eigenvalue weighted by molar-refractivity contribution is -0.116. The van der Waals surface area contributed by atoms with Crippen molar-refractivity contribution in [1.82, 2.24) is 0 Å². The van der Waals surface area contributed by atoms with E-state index in [0.29, 0.717) is 33.9 Å². The number of hydrogen-bond acceptors (Lipinski definition) is 5. The second kappa shape index (κ2) is 9.12. The molecule has 0 aliphatic carbocycles. The number of carbonyl (C=O) groups is 2. The van der Waals surface area contributed by atoms with Gasteiger partial charge in [-0.1, -0.05) is 47.6 Å². The van der Waals surface area contributed by atoms with Gasteiger partial charge in [0.2, 0.25) is 5.91 Å². The molecule has 0 unspecified atom stereocenters. The highest BCUT2D eigenvalue weighted by atomic mass is 35.5. The number of hydrogen-bond donors (Lipinski definition) is 1. The van der Waals surface area contributed by atoms with Crippen molar-refractivity contribution < 1.29 is 14.3 Å². The molecule has 2 amide bonds. The molecule has 8 heteroatoms. The number of para-hydroxylation sites is 3. The number of carbonyl (C=O) groups excluding carboxylic acids is 2. The van der Waals surface area contributed by atoms with E-state index < -0.39 is 5.25 Å². The monoisotopic (exact) mass is 417 g/mol. The summed E-state index contributed by atoms with van der Waals surface area (Å²) in [5.41, 5.74) is 1.17. The van der Waals surface area contributed by atoms with Crippen molar-refractivity contribution in [3.8, 4) is 5.75 Å². The Morgan fingerprint density at radius 3 is 2.75 bits per heavy atom. The van der Waals surface area contributed by atoms with Crippen molar-refractivity contribution >= 4 is 51.7 Å². The Hall–Kier alpha value is -2.51. The summed E-state index contributed by atoms with van der Waals surface area (Å²) in [5, 5.41) is 3.30. The SMILES string of the molecule is CCOc1ccccc1NC(=O)[C@@H](C)SC1=NCC(=O)N1c1ccccc1Cl. The second-order valence-corrected chi connectivity index (χ2v) is 7.67. The zero-order chi connectivity index (χ0) is 20.1. The summed E-state index contributed by atoms with van der Waals surface area (Å²) >= 11 is 7.45. The molecule has 3 rings (SSSR count). The Bertz CT molecular complexity index is 919. The van der Waals surface area contributed by atoms with Gasteiger partial charge in [-0.05, 0) is 38.1 Å². The summed E-state index contributed by atoms with van der Waals surface area (Å²) in [6.45, 7) is 4.19. The number of amidine groups is 1. The van der Waals surface area contributed by atoms with Crippen LogP contribution in [0.25, 0.3) is 0 Å². The fourth-order valence-electron chi connectivity index (χ4n) is 2.64. The predicted molar refractivity (Wildman–Crippen MR) is 115 cm³/mol. The van der Waals surface area contributed by atoms with Gasteiger partial charge in [0.05, 0.1) is 28.3 Å². The highest BCUT2D eigenvalue weighted by molar-refractivity contribution is 8.15. The molecule has 2 aromatic rings. The summed E-state index contributed by atoms with van der Waals surface area (Å²) in [7, 11) is 0. The van der Waals surface area contributed by atoms with Crippen molar-refractivity contribution in [2.45, 2.75) is 19.1 Å². The standard InChI is InChI=1S/C20H20ClN3O3S/c1-3-27-17-11-7-5-9-15(17)23-19(26)13(2)28-20-22-12-18(25)24(20)16-10-6-4-8-14(16)21/h4-11,13H,3,12H2,1-2H3,(H,23,26)/t13-/m1/s1. The van der Waals surface area contributed by atoms with Crippen LogP contribution in [0.1, 0.15) is 13.8 Å². The largest absolute Gasteiger partial charge is 0.492 e. The van der Waals surface area contributed by atoms with Crippen molar-refractivity contribution in [2.75, 3.05) is 23.4 Å². The summed E-state index contributed by atoms with van der Waals surface area (Å²) in [5.74, 6) is 0.227. The molecule has 1 aliphatic rings. The van der Waals surface area contributed by atoms with Gasteiger partial charge in [-0.3, -0.25) is 19.5 Å². The lowest BCUT2D eigenvalue weighted by Crippen LogP contribution is -2.33. The number of benzene rings is 2. The minimum atomic E-state index is -0.482. The summed E-state index contributed by atoms with van der Waals surface area (Å²) in [4.78, 5) is 30.7. The van der Waals surface area contributed by atoms with Crippen LogP contribution in [-0.4, -0.2) is 35.4 Å². The van der Waals surface area contributed by atoms with Gasteiger partial charge in [0.15, 0.2) is 5.17 Å². The Morgan fingerprint density at radius 1 is 1.29 bits per heavy atom. The Kier molecular flexibility index (Phi) is 6.59. The quantitative estimate of drug-likeness (QED) is 0.764. The molecule has 1 N–H and O–H groups in total. The Balaban J connectivity index is 1.72. The van der Waals surface area contributed by atoms with Gasteiger partial charge >= 0.3 is 0 Å². The first kappa shape index (κ1) is 20.2. The molecule has 1 heterocycles. The fourth-order valence-corrected chi connectivity index (χ4v) is 3.79. The Labute approximate surface area is 172 Å². The highest BCUT2D eigenvalue weighted by Gasteiger charge is 2.31. The average Bonchev–Trinajstić information content (AvgIpc) is 3.04. The third kappa shape index (κ3) is 4.48. The van der Waals surface area contributed by atoms with Crippen LogP contribution in [0.3, 0.4) is 0 Å². The van der Waals surface area contributed by atoms with Gasteiger partial charge < -0.3 is 10.1 Å². The maximum absolute atomic E-state index is 12.7. The van der Waals surface area contributed by atoms with E-state index in [2.05, 4.69) is 10.3 Å². The maximum Gasteiger partial charge on any atom is 0.254 e. The molecule has 2 aromatic carbocycles. The summed E-state index contributed by atoms with van der Waals surface area (Å²) in [6.07, 6.45) is 0. The van der Waals surface area contributed by atoms with Crippen LogP contribution in [0.2, 0.25) is 5.02 Å². The lowest BCUT2D eigenvalue weighted by Gasteiger charge is -2.21. The number of nitrogens with one attached hydrogen (secondary N) is 1. The topological polar surface area (TPSA) is 71.0 Å². The fraction of sp³-hybridized carbons (Fsp3) is 0.250. The molecule has 0 aromatic heterocycles. The van der Waals surface area contributed by atoms with Crippen molar-refractivity contribution in [2.24, 2.45) is 4.99 Å². The van der Waals surface area contributed by atoms with Gasteiger partial charge in [-0.25, -0.2) is 0 Å². The van der Waals surface area contributed by atoms with E-state index in [0.717, 1.165) is 0 Å². The molecule has 0 saturated carbocycles. The van der Waals surface area contributed by atoms with Crippen LogP contribution in [-0.2, 0) is 9.59 Å². The number of rotatable bonds is 6. The lowest BCUT2D eigenvalue weighted by atomic mass is 10.3.